The highest BCUT2D eigenvalue weighted by atomic mass is 16.5. The Morgan fingerprint density at radius 2 is 1.86 bits per heavy atom. The van der Waals surface area contributed by atoms with Gasteiger partial charge in [0, 0.05) is 17.1 Å². The number of ether oxygens (including phenoxy) is 1. The molecule has 0 aliphatic rings. The largest absolute Gasteiger partial charge is 0.497 e. The lowest BCUT2D eigenvalue weighted by Gasteiger charge is -2.15. The minimum atomic E-state index is 0.0360. The molecule has 142 valence electrons. The van der Waals surface area contributed by atoms with Crippen LogP contribution in [0.2, 0.25) is 0 Å². The molecular weight excluding hydrogens is 362 g/mol. The molecule has 0 saturated carbocycles. The van der Waals surface area contributed by atoms with E-state index in [2.05, 4.69) is 34.0 Å². The molecule has 1 atom stereocenters. The lowest BCUT2D eigenvalue weighted by molar-refractivity contribution is 0.413. The molecule has 6 nitrogen and oxygen atoms in total. The Morgan fingerprint density at radius 3 is 2.76 bits per heavy atom. The molecule has 1 unspecified atom stereocenters. The summed E-state index contributed by atoms with van der Waals surface area (Å²) in [5.74, 6) is 0.828. The second-order valence-electron chi connectivity index (χ2n) is 6.88. The third-order valence-electron chi connectivity index (χ3n) is 5.20. The molecule has 0 radical (unpaired) electrons. The molecule has 0 aliphatic carbocycles. The van der Waals surface area contributed by atoms with E-state index >= 15 is 0 Å². The van der Waals surface area contributed by atoms with E-state index in [0.29, 0.717) is 5.65 Å². The summed E-state index contributed by atoms with van der Waals surface area (Å²) in [5.41, 5.74) is 5.23. The van der Waals surface area contributed by atoms with Crippen molar-refractivity contribution in [1.29, 1.82) is 0 Å². The lowest BCUT2D eigenvalue weighted by atomic mass is 10.1. The molecule has 29 heavy (non-hydrogen) atoms. The molecular formula is C23H19N5O. The molecule has 5 aromatic rings. The maximum atomic E-state index is 5.37. The van der Waals surface area contributed by atoms with E-state index in [1.807, 2.05) is 47.0 Å². The van der Waals surface area contributed by atoms with E-state index in [9.17, 15) is 0 Å². The average Bonchev–Trinajstić information content (AvgIpc) is 3.21. The Labute approximate surface area is 167 Å². The Kier molecular flexibility index (Phi) is 4.17. The molecule has 2 aromatic carbocycles. The number of rotatable bonds is 4. The second-order valence-corrected chi connectivity index (χ2v) is 6.88. The van der Waals surface area contributed by atoms with Gasteiger partial charge >= 0.3 is 0 Å². The van der Waals surface area contributed by atoms with Crippen LogP contribution < -0.4 is 4.74 Å². The van der Waals surface area contributed by atoms with E-state index in [4.69, 9.17) is 9.72 Å². The normalized spacial score (nSPS) is 12.3. The Bertz CT molecular complexity index is 1320. The van der Waals surface area contributed by atoms with Gasteiger partial charge in [0.25, 0.3) is 0 Å². The van der Waals surface area contributed by atoms with Gasteiger partial charge in [-0.2, -0.15) is 0 Å². The maximum Gasteiger partial charge on any atom is 0.197 e. The molecule has 3 heterocycles. The summed E-state index contributed by atoms with van der Waals surface area (Å²) >= 11 is 0. The summed E-state index contributed by atoms with van der Waals surface area (Å²) in [5, 5.41) is 1.05. The first-order chi connectivity index (χ1) is 14.2. The molecule has 0 fully saturated rings. The van der Waals surface area contributed by atoms with Crippen molar-refractivity contribution >= 4 is 22.2 Å². The minimum absolute atomic E-state index is 0.0360. The quantitative estimate of drug-likeness (QED) is 0.453. The van der Waals surface area contributed by atoms with Crippen molar-refractivity contribution in [2.45, 2.75) is 13.0 Å². The number of benzene rings is 2. The Hall–Kier alpha value is -3.80. The monoisotopic (exact) mass is 381 g/mol. The fourth-order valence-electron chi connectivity index (χ4n) is 3.61. The highest BCUT2D eigenvalue weighted by Crippen LogP contribution is 2.29. The van der Waals surface area contributed by atoms with Crippen molar-refractivity contribution < 1.29 is 4.74 Å². The van der Waals surface area contributed by atoms with Gasteiger partial charge in [-0.1, -0.05) is 30.3 Å². The van der Waals surface area contributed by atoms with Gasteiger partial charge in [0.05, 0.1) is 36.9 Å². The molecule has 0 bridgehead atoms. The zero-order valence-electron chi connectivity index (χ0n) is 16.1. The fourth-order valence-corrected chi connectivity index (χ4v) is 3.61. The van der Waals surface area contributed by atoms with E-state index in [-0.39, 0.29) is 6.04 Å². The van der Waals surface area contributed by atoms with Crippen molar-refractivity contribution in [3.63, 3.8) is 0 Å². The number of imidazole rings is 1. The first-order valence-electron chi connectivity index (χ1n) is 9.42. The molecule has 0 amide bonds. The second kappa shape index (κ2) is 6.98. The SMILES string of the molecule is COc1cccc(C(C)n2cnc3ncc(-c4cccc5ncccc45)nc32)c1. The van der Waals surface area contributed by atoms with Crippen molar-refractivity contribution in [3.05, 3.63) is 78.9 Å². The van der Waals surface area contributed by atoms with Crippen LogP contribution in [0, 0.1) is 0 Å². The van der Waals surface area contributed by atoms with Crippen LogP contribution in [0.4, 0.5) is 0 Å². The van der Waals surface area contributed by atoms with Crippen molar-refractivity contribution in [1.82, 2.24) is 24.5 Å². The first-order valence-corrected chi connectivity index (χ1v) is 9.42. The van der Waals surface area contributed by atoms with Crippen LogP contribution in [0.1, 0.15) is 18.5 Å². The van der Waals surface area contributed by atoms with Gasteiger partial charge in [0.2, 0.25) is 0 Å². The third kappa shape index (κ3) is 2.99. The predicted octanol–water partition coefficient (Wildman–Crippen LogP) is 4.66. The van der Waals surface area contributed by atoms with Crippen molar-refractivity contribution in [2.24, 2.45) is 0 Å². The van der Waals surface area contributed by atoms with E-state index in [0.717, 1.165) is 39.1 Å². The summed E-state index contributed by atoms with van der Waals surface area (Å²) < 4.78 is 7.41. The standard InChI is InChI=1S/C23H19N5O/c1-15(16-6-3-7-17(12-16)29-2)28-14-26-22-23(28)27-21(13-25-22)19-8-4-10-20-18(19)9-5-11-24-20/h3-15H,1-2H3. The van der Waals surface area contributed by atoms with Crippen LogP contribution >= 0.6 is 0 Å². The molecule has 5 rings (SSSR count). The molecule has 0 aliphatic heterocycles. The van der Waals surface area contributed by atoms with Crippen LogP contribution in [0.5, 0.6) is 5.75 Å². The van der Waals surface area contributed by atoms with Gasteiger partial charge in [-0.3, -0.25) is 4.98 Å². The molecule has 0 saturated heterocycles. The van der Waals surface area contributed by atoms with Crippen LogP contribution in [-0.2, 0) is 0 Å². The Balaban J connectivity index is 1.64. The summed E-state index contributed by atoms with van der Waals surface area (Å²) in [6.45, 7) is 2.12. The van der Waals surface area contributed by atoms with Gasteiger partial charge in [0.15, 0.2) is 11.3 Å². The van der Waals surface area contributed by atoms with Crippen LogP contribution in [0.15, 0.2) is 73.3 Å². The number of pyridine rings is 1. The van der Waals surface area contributed by atoms with Gasteiger partial charge in [-0.05, 0) is 36.8 Å². The number of hydrogen-bond acceptors (Lipinski definition) is 5. The number of hydrogen-bond donors (Lipinski definition) is 0. The van der Waals surface area contributed by atoms with E-state index in [1.165, 1.54) is 0 Å². The highest BCUT2D eigenvalue weighted by Gasteiger charge is 2.16. The lowest BCUT2D eigenvalue weighted by Crippen LogP contribution is -2.07. The van der Waals surface area contributed by atoms with Crippen LogP contribution in [0.25, 0.3) is 33.5 Å². The number of fused-ring (bicyclic) bond motifs is 2. The van der Waals surface area contributed by atoms with Gasteiger partial charge < -0.3 is 9.30 Å². The molecule has 3 aromatic heterocycles. The van der Waals surface area contributed by atoms with Crippen LogP contribution in [0.3, 0.4) is 0 Å². The van der Waals surface area contributed by atoms with Crippen molar-refractivity contribution in [2.75, 3.05) is 7.11 Å². The highest BCUT2D eigenvalue weighted by molar-refractivity contribution is 5.93. The number of aromatic nitrogens is 5. The van der Waals surface area contributed by atoms with Gasteiger partial charge in [-0.25, -0.2) is 15.0 Å². The van der Waals surface area contributed by atoms with Crippen molar-refractivity contribution in [3.8, 4) is 17.0 Å². The van der Waals surface area contributed by atoms with E-state index < -0.39 is 0 Å². The van der Waals surface area contributed by atoms with Gasteiger partial charge in [0.1, 0.15) is 5.75 Å². The topological polar surface area (TPSA) is 65.7 Å². The van der Waals surface area contributed by atoms with Gasteiger partial charge in [-0.15, -0.1) is 0 Å². The fraction of sp³-hybridized carbons (Fsp3) is 0.130. The molecule has 0 spiro atoms. The summed E-state index contributed by atoms with van der Waals surface area (Å²) in [6, 6.07) is 18.1. The first kappa shape index (κ1) is 17.3. The minimum Gasteiger partial charge on any atom is -0.497 e. The number of methoxy groups -OCH3 is 1. The third-order valence-corrected chi connectivity index (χ3v) is 5.20. The summed E-state index contributed by atoms with van der Waals surface area (Å²) in [4.78, 5) is 18.4. The predicted molar refractivity (Wildman–Crippen MR) is 113 cm³/mol. The average molecular weight is 381 g/mol. The zero-order chi connectivity index (χ0) is 19.8. The summed E-state index contributed by atoms with van der Waals surface area (Å²) in [7, 11) is 1.67. The maximum absolute atomic E-state index is 5.37. The van der Waals surface area contributed by atoms with E-state index in [1.54, 1.807) is 25.8 Å². The zero-order valence-corrected chi connectivity index (χ0v) is 16.1. The summed E-state index contributed by atoms with van der Waals surface area (Å²) in [6.07, 6.45) is 5.37. The smallest absolute Gasteiger partial charge is 0.197 e. The molecule has 0 N–H and O–H groups in total. The number of nitrogens with zero attached hydrogens (tertiary/aromatic N) is 5. The van der Waals surface area contributed by atoms with Crippen LogP contribution in [-0.4, -0.2) is 31.6 Å². The molecule has 6 heteroatoms. The Morgan fingerprint density at radius 1 is 0.966 bits per heavy atom.